The SMILES string of the molecule is CC(C)N1CCO[C@H](CC(=O)NCCOc2cccc3cccnc23)C1. The molecule has 0 unspecified atom stereocenters. The molecule has 1 aromatic heterocycles. The predicted octanol–water partition coefficient (Wildman–Crippen LogP) is 2.23. The van der Waals surface area contributed by atoms with E-state index in [0.717, 1.165) is 29.7 Å². The van der Waals surface area contributed by atoms with Crippen molar-refractivity contribution in [3.8, 4) is 5.75 Å². The minimum Gasteiger partial charge on any atom is -0.489 e. The summed E-state index contributed by atoms with van der Waals surface area (Å²) in [6, 6.07) is 10.2. The Labute approximate surface area is 154 Å². The van der Waals surface area contributed by atoms with E-state index < -0.39 is 0 Å². The molecule has 6 nitrogen and oxygen atoms in total. The van der Waals surface area contributed by atoms with E-state index in [1.165, 1.54) is 0 Å². The summed E-state index contributed by atoms with van der Waals surface area (Å²) in [7, 11) is 0. The van der Waals surface area contributed by atoms with Crippen LogP contribution in [0, 0.1) is 0 Å². The normalized spacial score (nSPS) is 18.2. The van der Waals surface area contributed by atoms with Crippen LogP contribution in [0.25, 0.3) is 10.9 Å². The fourth-order valence-corrected chi connectivity index (χ4v) is 3.16. The fourth-order valence-electron chi connectivity index (χ4n) is 3.16. The monoisotopic (exact) mass is 357 g/mol. The number of aromatic nitrogens is 1. The highest BCUT2D eigenvalue weighted by molar-refractivity contribution is 5.84. The second-order valence-corrected chi connectivity index (χ2v) is 6.82. The van der Waals surface area contributed by atoms with Gasteiger partial charge in [0.2, 0.25) is 5.91 Å². The first-order valence-corrected chi connectivity index (χ1v) is 9.22. The number of amides is 1. The van der Waals surface area contributed by atoms with Gasteiger partial charge in [-0.3, -0.25) is 14.7 Å². The van der Waals surface area contributed by atoms with Crippen molar-refractivity contribution in [2.45, 2.75) is 32.4 Å². The van der Waals surface area contributed by atoms with E-state index in [-0.39, 0.29) is 12.0 Å². The molecule has 1 aromatic carbocycles. The molecule has 0 saturated carbocycles. The molecular weight excluding hydrogens is 330 g/mol. The third-order valence-corrected chi connectivity index (χ3v) is 4.59. The highest BCUT2D eigenvalue weighted by atomic mass is 16.5. The van der Waals surface area contributed by atoms with Crippen LogP contribution < -0.4 is 10.1 Å². The van der Waals surface area contributed by atoms with Gasteiger partial charge in [0.25, 0.3) is 0 Å². The van der Waals surface area contributed by atoms with Crippen LogP contribution in [0.3, 0.4) is 0 Å². The number of carbonyl (C=O) groups excluding carboxylic acids is 1. The Morgan fingerprint density at radius 2 is 2.23 bits per heavy atom. The van der Waals surface area contributed by atoms with E-state index in [2.05, 4.69) is 29.0 Å². The quantitative estimate of drug-likeness (QED) is 0.770. The van der Waals surface area contributed by atoms with Crippen molar-refractivity contribution in [3.63, 3.8) is 0 Å². The van der Waals surface area contributed by atoms with E-state index >= 15 is 0 Å². The largest absolute Gasteiger partial charge is 0.489 e. The van der Waals surface area contributed by atoms with Gasteiger partial charge < -0.3 is 14.8 Å². The van der Waals surface area contributed by atoms with E-state index in [0.29, 0.717) is 32.2 Å². The molecule has 140 valence electrons. The average molecular weight is 357 g/mol. The maximum atomic E-state index is 12.1. The first kappa shape index (κ1) is 18.6. The summed E-state index contributed by atoms with van der Waals surface area (Å²) in [5.41, 5.74) is 0.839. The van der Waals surface area contributed by atoms with Crippen molar-refractivity contribution in [1.29, 1.82) is 0 Å². The smallest absolute Gasteiger partial charge is 0.222 e. The van der Waals surface area contributed by atoms with Crippen LogP contribution in [0.2, 0.25) is 0 Å². The predicted molar refractivity (Wildman–Crippen MR) is 101 cm³/mol. The lowest BCUT2D eigenvalue weighted by Crippen LogP contribution is -2.47. The molecule has 0 aliphatic carbocycles. The van der Waals surface area contributed by atoms with Gasteiger partial charge in [-0.2, -0.15) is 0 Å². The number of para-hydroxylation sites is 1. The second kappa shape index (κ2) is 8.96. The van der Waals surface area contributed by atoms with E-state index in [1.807, 2.05) is 30.3 Å². The Hall–Kier alpha value is -2.18. The Bertz CT molecular complexity index is 730. The molecule has 2 heterocycles. The highest BCUT2D eigenvalue weighted by Crippen LogP contribution is 2.22. The van der Waals surface area contributed by atoms with Crippen LogP contribution in [0.4, 0.5) is 0 Å². The summed E-state index contributed by atoms with van der Waals surface area (Å²) in [4.78, 5) is 18.8. The van der Waals surface area contributed by atoms with Gasteiger partial charge >= 0.3 is 0 Å². The number of nitrogens with one attached hydrogen (secondary N) is 1. The van der Waals surface area contributed by atoms with E-state index in [1.54, 1.807) is 6.20 Å². The number of morpholine rings is 1. The Kier molecular flexibility index (Phi) is 6.41. The number of rotatable bonds is 7. The molecule has 1 aliphatic heterocycles. The number of hydrogen-bond donors (Lipinski definition) is 1. The van der Waals surface area contributed by atoms with Crippen LogP contribution in [0.5, 0.6) is 5.75 Å². The third-order valence-electron chi connectivity index (χ3n) is 4.59. The first-order chi connectivity index (χ1) is 12.6. The van der Waals surface area contributed by atoms with Crippen molar-refractivity contribution in [2.24, 2.45) is 0 Å². The molecule has 1 atom stereocenters. The summed E-state index contributed by atoms with van der Waals surface area (Å²) in [6.45, 7) is 7.64. The molecule has 1 aliphatic rings. The van der Waals surface area contributed by atoms with Crippen LogP contribution in [-0.4, -0.2) is 60.8 Å². The van der Waals surface area contributed by atoms with Gasteiger partial charge in [-0.05, 0) is 26.0 Å². The number of nitrogens with zero attached hydrogens (tertiary/aromatic N) is 2. The summed E-state index contributed by atoms with van der Waals surface area (Å²) in [6.07, 6.45) is 2.11. The third kappa shape index (κ3) is 4.93. The zero-order valence-electron chi connectivity index (χ0n) is 15.5. The Balaban J connectivity index is 1.41. The van der Waals surface area contributed by atoms with Gasteiger partial charge in [-0.15, -0.1) is 0 Å². The zero-order valence-corrected chi connectivity index (χ0v) is 15.5. The maximum Gasteiger partial charge on any atom is 0.222 e. The summed E-state index contributed by atoms with van der Waals surface area (Å²) in [5.74, 6) is 0.737. The van der Waals surface area contributed by atoms with Crippen molar-refractivity contribution in [2.75, 3.05) is 32.8 Å². The van der Waals surface area contributed by atoms with Crippen LogP contribution in [0.1, 0.15) is 20.3 Å². The number of carbonyl (C=O) groups is 1. The molecule has 1 amide bonds. The Morgan fingerprint density at radius 3 is 3.08 bits per heavy atom. The summed E-state index contributed by atoms with van der Waals surface area (Å²) < 4.78 is 11.5. The zero-order chi connectivity index (χ0) is 18.4. The van der Waals surface area contributed by atoms with Crippen molar-refractivity contribution in [3.05, 3.63) is 36.5 Å². The minimum absolute atomic E-state index is 0.000232. The molecule has 1 saturated heterocycles. The molecule has 0 spiro atoms. The van der Waals surface area contributed by atoms with E-state index in [9.17, 15) is 4.79 Å². The van der Waals surface area contributed by atoms with Crippen LogP contribution in [0.15, 0.2) is 36.5 Å². The number of hydrogen-bond acceptors (Lipinski definition) is 5. The minimum atomic E-state index is -0.0330. The second-order valence-electron chi connectivity index (χ2n) is 6.82. The van der Waals surface area contributed by atoms with Gasteiger partial charge in [0.15, 0.2) is 0 Å². The van der Waals surface area contributed by atoms with Gasteiger partial charge in [-0.1, -0.05) is 18.2 Å². The number of ether oxygens (including phenoxy) is 2. The molecule has 0 radical (unpaired) electrons. The molecular formula is C20H27N3O3. The number of benzene rings is 1. The molecule has 1 fully saturated rings. The van der Waals surface area contributed by atoms with Gasteiger partial charge in [0.05, 0.1) is 25.7 Å². The molecule has 0 bridgehead atoms. The lowest BCUT2D eigenvalue weighted by atomic mass is 10.1. The molecule has 26 heavy (non-hydrogen) atoms. The van der Waals surface area contributed by atoms with Gasteiger partial charge in [0.1, 0.15) is 17.9 Å². The summed E-state index contributed by atoms with van der Waals surface area (Å²) >= 11 is 0. The van der Waals surface area contributed by atoms with Crippen LogP contribution in [-0.2, 0) is 9.53 Å². The standard InChI is InChI=1S/C20H27N3O3/c1-15(2)23-10-12-25-17(14-23)13-19(24)21-9-11-26-18-7-3-5-16-6-4-8-22-20(16)18/h3-8,15,17H,9-14H2,1-2H3,(H,21,24)/t17-/m1/s1. The topological polar surface area (TPSA) is 63.7 Å². The molecule has 3 rings (SSSR count). The van der Waals surface area contributed by atoms with Crippen molar-refractivity contribution in [1.82, 2.24) is 15.2 Å². The molecule has 2 aromatic rings. The van der Waals surface area contributed by atoms with Crippen molar-refractivity contribution < 1.29 is 14.3 Å². The fraction of sp³-hybridized carbons (Fsp3) is 0.500. The summed E-state index contributed by atoms with van der Waals surface area (Å²) in [5, 5.41) is 3.95. The average Bonchev–Trinajstić information content (AvgIpc) is 2.65. The lowest BCUT2D eigenvalue weighted by molar-refractivity contribution is -0.126. The van der Waals surface area contributed by atoms with Gasteiger partial charge in [0, 0.05) is 30.7 Å². The van der Waals surface area contributed by atoms with Crippen LogP contribution >= 0.6 is 0 Å². The lowest BCUT2D eigenvalue weighted by Gasteiger charge is -2.35. The maximum absolute atomic E-state index is 12.1. The number of fused-ring (bicyclic) bond motifs is 1. The van der Waals surface area contributed by atoms with Crippen molar-refractivity contribution >= 4 is 16.8 Å². The van der Waals surface area contributed by atoms with Gasteiger partial charge in [-0.25, -0.2) is 0 Å². The first-order valence-electron chi connectivity index (χ1n) is 9.22. The Morgan fingerprint density at radius 1 is 1.38 bits per heavy atom. The highest BCUT2D eigenvalue weighted by Gasteiger charge is 2.24. The molecule has 1 N–H and O–H groups in total. The number of pyridine rings is 1. The van der Waals surface area contributed by atoms with E-state index in [4.69, 9.17) is 9.47 Å². The molecule has 6 heteroatoms.